The van der Waals surface area contributed by atoms with Gasteiger partial charge in [-0.2, -0.15) is 5.26 Å². The third kappa shape index (κ3) is 4.62. The highest BCUT2D eigenvalue weighted by molar-refractivity contribution is 7.15. The molecule has 1 amide bonds. The number of carbonyl (C=O) groups excluding carboxylic acids is 1. The molecule has 0 unspecified atom stereocenters. The summed E-state index contributed by atoms with van der Waals surface area (Å²) in [7, 11) is 0. The van der Waals surface area contributed by atoms with Crippen LogP contribution >= 0.6 is 11.3 Å². The summed E-state index contributed by atoms with van der Waals surface area (Å²) in [5, 5.41) is 12.3. The number of aromatic nitrogens is 1. The van der Waals surface area contributed by atoms with Gasteiger partial charge in [0.2, 0.25) is 0 Å². The van der Waals surface area contributed by atoms with E-state index in [0.29, 0.717) is 11.6 Å². The summed E-state index contributed by atoms with van der Waals surface area (Å²) in [4.78, 5) is 17.4. The number of thiazole rings is 1. The van der Waals surface area contributed by atoms with Crippen LogP contribution in [0.5, 0.6) is 0 Å². The maximum atomic E-state index is 12.9. The van der Waals surface area contributed by atoms with Gasteiger partial charge in [-0.15, -0.1) is 11.3 Å². The first kappa shape index (κ1) is 17.5. The number of nitrogens with one attached hydrogen (secondary N) is 1. The Kier molecular flexibility index (Phi) is 5.52. The molecule has 2 aromatic carbocycles. The molecule has 3 aromatic rings. The lowest BCUT2D eigenvalue weighted by Gasteiger charge is -2.00. The maximum Gasteiger partial charge on any atom is 0.268 e. The van der Waals surface area contributed by atoms with Gasteiger partial charge in [-0.05, 0) is 29.3 Å². The SMILES string of the molecule is N#C/C(=C\c1ccccc1)C(=O)Nc1ncc(Cc2ccc(F)cc2)s1. The Labute approximate surface area is 154 Å². The Morgan fingerprint density at radius 2 is 1.92 bits per heavy atom. The summed E-state index contributed by atoms with van der Waals surface area (Å²) in [6, 6.07) is 17.3. The lowest BCUT2D eigenvalue weighted by Crippen LogP contribution is -2.13. The average molecular weight is 363 g/mol. The number of hydrogen-bond donors (Lipinski definition) is 1. The highest BCUT2D eigenvalue weighted by atomic mass is 32.1. The molecule has 3 rings (SSSR count). The van der Waals surface area contributed by atoms with Crippen molar-refractivity contribution >= 4 is 28.5 Å². The zero-order chi connectivity index (χ0) is 18.4. The van der Waals surface area contributed by atoms with Crippen LogP contribution < -0.4 is 5.32 Å². The molecule has 0 fully saturated rings. The molecule has 6 heteroatoms. The Hall–Kier alpha value is -3.30. The van der Waals surface area contributed by atoms with E-state index in [0.717, 1.165) is 16.0 Å². The van der Waals surface area contributed by atoms with Crippen molar-refractivity contribution in [1.29, 1.82) is 5.26 Å². The minimum atomic E-state index is -0.501. The fourth-order valence-electron chi connectivity index (χ4n) is 2.28. The maximum absolute atomic E-state index is 12.9. The minimum absolute atomic E-state index is 0.00600. The molecular weight excluding hydrogens is 349 g/mol. The molecule has 1 N–H and O–H groups in total. The van der Waals surface area contributed by atoms with Gasteiger partial charge in [-0.1, -0.05) is 42.5 Å². The molecule has 0 radical (unpaired) electrons. The number of anilines is 1. The zero-order valence-corrected chi connectivity index (χ0v) is 14.5. The number of carbonyl (C=O) groups is 1. The van der Waals surface area contributed by atoms with Crippen molar-refractivity contribution < 1.29 is 9.18 Å². The lowest BCUT2D eigenvalue weighted by atomic mass is 10.1. The van der Waals surface area contributed by atoms with Crippen LogP contribution in [-0.2, 0) is 11.2 Å². The second kappa shape index (κ2) is 8.19. The van der Waals surface area contributed by atoms with Gasteiger partial charge < -0.3 is 0 Å². The number of halogens is 1. The van der Waals surface area contributed by atoms with Crippen molar-refractivity contribution in [3.8, 4) is 6.07 Å². The molecule has 0 saturated heterocycles. The van der Waals surface area contributed by atoms with Crippen LogP contribution in [0.2, 0.25) is 0 Å². The van der Waals surface area contributed by atoms with E-state index in [1.165, 1.54) is 29.5 Å². The molecular formula is C20H14FN3OS. The van der Waals surface area contributed by atoms with E-state index in [4.69, 9.17) is 0 Å². The fraction of sp³-hybridized carbons (Fsp3) is 0.0500. The van der Waals surface area contributed by atoms with E-state index in [9.17, 15) is 14.4 Å². The number of amides is 1. The van der Waals surface area contributed by atoms with Crippen LogP contribution in [0.3, 0.4) is 0 Å². The normalized spacial score (nSPS) is 11.0. The highest BCUT2D eigenvalue weighted by Gasteiger charge is 2.12. The van der Waals surface area contributed by atoms with Gasteiger partial charge in [0.1, 0.15) is 17.5 Å². The van der Waals surface area contributed by atoms with Gasteiger partial charge in [0.15, 0.2) is 5.13 Å². The third-order valence-electron chi connectivity index (χ3n) is 3.54. The molecule has 1 aromatic heterocycles. The first-order valence-electron chi connectivity index (χ1n) is 7.81. The molecule has 0 atom stereocenters. The summed E-state index contributed by atoms with van der Waals surface area (Å²) in [5.41, 5.74) is 1.73. The molecule has 0 spiro atoms. The summed E-state index contributed by atoms with van der Waals surface area (Å²) >= 11 is 1.32. The lowest BCUT2D eigenvalue weighted by molar-refractivity contribution is -0.112. The average Bonchev–Trinajstić information content (AvgIpc) is 3.09. The summed E-state index contributed by atoms with van der Waals surface area (Å²) in [5.74, 6) is -0.778. The van der Waals surface area contributed by atoms with Crippen LogP contribution in [-0.4, -0.2) is 10.9 Å². The predicted molar refractivity (Wildman–Crippen MR) is 100.0 cm³/mol. The second-order valence-electron chi connectivity index (χ2n) is 5.47. The Morgan fingerprint density at radius 1 is 1.19 bits per heavy atom. The quantitative estimate of drug-likeness (QED) is 0.539. The molecule has 128 valence electrons. The monoisotopic (exact) mass is 363 g/mol. The molecule has 26 heavy (non-hydrogen) atoms. The van der Waals surface area contributed by atoms with E-state index in [2.05, 4.69) is 10.3 Å². The van der Waals surface area contributed by atoms with Crippen molar-refractivity contribution in [3.05, 3.63) is 88.2 Å². The van der Waals surface area contributed by atoms with Gasteiger partial charge in [0.05, 0.1) is 0 Å². The van der Waals surface area contributed by atoms with E-state index in [-0.39, 0.29) is 11.4 Å². The molecule has 1 heterocycles. The molecule has 0 bridgehead atoms. The van der Waals surface area contributed by atoms with Gasteiger partial charge in [0, 0.05) is 17.5 Å². The molecule has 0 aliphatic carbocycles. The van der Waals surface area contributed by atoms with E-state index in [1.807, 2.05) is 36.4 Å². The van der Waals surface area contributed by atoms with Gasteiger partial charge in [0.25, 0.3) is 5.91 Å². The van der Waals surface area contributed by atoms with Gasteiger partial charge in [-0.25, -0.2) is 9.37 Å². The number of rotatable bonds is 5. The van der Waals surface area contributed by atoms with Crippen molar-refractivity contribution in [2.45, 2.75) is 6.42 Å². The van der Waals surface area contributed by atoms with E-state index >= 15 is 0 Å². The van der Waals surface area contributed by atoms with Gasteiger partial charge in [-0.3, -0.25) is 10.1 Å². The molecule has 0 saturated carbocycles. The topological polar surface area (TPSA) is 65.8 Å². The van der Waals surface area contributed by atoms with Gasteiger partial charge >= 0.3 is 0 Å². The number of nitriles is 1. The molecule has 0 aliphatic rings. The molecule has 0 aliphatic heterocycles. The molecule has 4 nitrogen and oxygen atoms in total. The number of hydrogen-bond acceptors (Lipinski definition) is 4. The van der Waals surface area contributed by atoms with Crippen molar-refractivity contribution in [2.75, 3.05) is 5.32 Å². The minimum Gasteiger partial charge on any atom is -0.297 e. The smallest absolute Gasteiger partial charge is 0.268 e. The van der Waals surface area contributed by atoms with Crippen LogP contribution in [0, 0.1) is 17.1 Å². The number of benzene rings is 2. The fourth-order valence-corrected chi connectivity index (χ4v) is 3.12. The first-order chi connectivity index (χ1) is 12.6. The summed E-state index contributed by atoms with van der Waals surface area (Å²) in [6.45, 7) is 0. The van der Waals surface area contributed by atoms with Crippen LogP contribution in [0.4, 0.5) is 9.52 Å². The predicted octanol–water partition coefficient (Wildman–Crippen LogP) is 4.42. The standard InChI is InChI=1S/C20H14FN3OS/c21-17-8-6-15(7-9-17)11-18-13-23-20(26-18)24-19(25)16(12-22)10-14-4-2-1-3-5-14/h1-10,13H,11H2,(H,23,24,25)/b16-10+. The highest BCUT2D eigenvalue weighted by Crippen LogP contribution is 2.22. The first-order valence-corrected chi connectivity index (χ1v) is 8.63. The Bertz CT molecular complexity index is 972. The zero-order valence-electron chi connectivity index (χ0n) is 13.6. The third-order valence-corrected chi connectivity index (χ3v) is 4.45. The number of nitrogens with zero attached hydrogens (tertiary/aromatic N) is 2. The van der Waals surface area contributed by atoms with Crippen LogP contribution in [0.1, 0.15) is 16.0 Å². The summed E-state index contributed by atoms with van der Waals surface area (Å²) < 4.78 is 12.9. The van der Waals surface area contributed by atoms with Crippen LogP contribution in [0.15, 0.2) is 66.4 Å². The van der Waals surface area contributed by atoms with Crippen molar-refractivity contribution in [1.82, 2.24) is 4.98 Å². The summed E-state index contributed by atoms with van der Waals surface area (Å²) in [6.07, 6.45) is 3.79. The van der Waals surface area contributed by atoms with E-state index in [1.54, 1.807) is 18.3 Å². The Morgan fingerprint density at radius 3 is 2.62 bits per heavy atom. The van der Waals surface area contributed by atoms with Crippen molar-refractivity contribution in [3.63, 3.8) is 0 Å². The second-order valence-corrected chi connectivity index (χ2v) is 6.58. The van der Waals surface area contributed by atoms with Crippen LogP contribution in [0.25, 0.3) is 6.08 Å². The van der Waals surface area contributed by atoms with Crippen molar-refractivity contribution in [2.24, 2.45) is 0 Å². The Balaban J connectivity index is 1.68. The largest absolute Gasteiger partial charge is 0.297 e. The van der Waals surface area contributed by atoms with E-state index < -0.39 is 5.91 Å².